The molecule has 0 bridgehead atoms. The number of aromatic nitrogens is 3. The van der Waals surface area contributed by atoms with E-state index in [4.69, 9.17) is 10.2 Å². The Morgan fingerprint density at radius 2 is 2.12 bits per heavy atom. The van der Waals surface area contributed by atoms with Crippen LogP contribution in [-0.2, 0) is 4.79 Å². The van der Waals surface area contributed by atoms with E-state index in [1.807, 2.05) is 17.2 Å². The van der Waals surface area contributed by atoms with Gasteiger partial charge < -0.3 is 14.8 Å². The first kappa shape index (κ1) is 22.3. The molecular weight excluding hydrogens is 450 g/mol. The number of aromatic amines is 1. The fraction of sp³-hybridized carbons (Fsp3) is 0.458. The summed E-state index contributed by atoms with van der Waals surface area (Å²) in [5.74, 6) is 0.998. The number of unbranched alkanes of at least 4 members (excludes halogenated alkanes) is 1. The van der Waals surface area contributed by atoms with E-state index in [0.29, 0.717) is 40.9 Å². The summed E-state index contributed by atoms with van der Waals surface area (Å²) in [5, 5.41) is 12.9. The van der Waals surface area contributed by atoms with Crippen molar-refractivity contribution >= 4 is 46.0 Å². The number of hydrogen-bond acceptors (Lipinski definition) is 7. The Hall–Kier alpha value is -3.45. The Morgan fingerprint density at radius 3 is 2.85 bits per heavy atom. The van der Waals surface area contributed by atoms with Gasteiger partial charge in [-0.2, -0.15) is 15.2 Å². The number of anilines is 2. The lowest BCUT2D eigenvalue weighted by Gasteiger charge is -2.32. The number of carbonyl (C=O) groups is 2. The van der Waals surface area contributed by atoms with Gasteiger partial charge >= 0.3 is 0 Å². The van der Waals surface area contributed by atoms with Crippen molar-refractivity contribution in [3.63, 3.8) is 0 Å². The SMILES string of the molecule is CCCCC(=O)Nc1nc(N2CCCN(C(=O)c3ccc(C#N)s3)C3(CC3)C2)c2cc[nH]c2n1. The number of rotatable bonds is 6. The van der Waals surface area contributed by atoms with Gasteiger partial charge in [0.05, 0.1) is 15.8 Å². The van der Waals surface area contributed by atoms with Gasteiger partial charge in [-0.3, -0.25) is 14.9 Å². The lowest BCUT2D eigenvalue weighted by molar-refractivity contribution is -0.116. The fourth-order valence-electron chi connectivity index (χ4n) is 4.64. The molecule has 1 aliphatic carbocycles. The monoisotopic (exact) mass is 477 g/mol. The molecular formula is C24H27N7O2S. The summed E-state index contributed by atoms with van der Waals surface area (Å²) < 4.78 is 0. The predicted octanol–water partition coefficient (Wildman–Crippen LogP) is 3.90. The van der Waals surface area contributed by atoms with Gasteiger partial charge in [-0.15, -0.1) is 11.3 Å². The van der Waals surface area contributed by atoms with Crippen LogP contribution in [0.2, 0.25) is 0 Å². The number of carbonyl (C=O) groups excluding carboxylic acids is 2. The number of nitrogens with zero attached hydrogens (tertiary/aromatic N) is 5. The van der Waals surface area contributed by atoms with Gasteiger partial charge in [-0.05, 0) is 43.9 Å². The largest absolute Gasteiger partial charge is 0.353 e. The summed E-state index contributed by atoms with van der Waals surface area (Å²) in [6.45, 7) is 4.14. The molecule has 2 amide bonds. The highest BCUT2D eigenvalue weighted by molar-refractivity contribution is 7.14. The Kier molecular flexibility index (Phi) is 5.96. The van der Waals surface area contributed by atoms with Crippen molar-refractivity contribution in [2.75, 3.05) is 29.9 Å². The third-order valence-electron chi connectivity index (χ3n) is 6.57. The summed E-state index contributed by atoms with van der Waals surface area (Å²) in [4.78, 5) is 43.4. The van der Waals surface area contributed by atoms with Crippen LogP contribution in [0.15, 0.2) is 24.4 Å². The van der Waals surface area contributed by atoms with E-state index >= 15 is 0 Å². The Balaban J connectivity index is 1.41. The second kappa shape index (κ2) is 9.06. The van der Waals surface area contributed by atoms with Gasteiger partial charge in [0.25, 0.3) is 5.91 Å². The lowest BCUT2D eigenvalue weighted by Crippen LogP contribution is -2.46. The maximum atomic E-state index is 13.3. The Bertz CT molecular complexity index is 1270. The van der Waals surface area contributed by atoms with Crippen LogP contribution >= 0.6 is 11.3 Å². The maximum absolute atomic E-state index is 13.3. The van der Waals surface area contributed by atoms with Crippen LogP contribution < -0.4 is 10.2 Å². The van der Waals surface area contributed by atoms with Gasteiger partial charge in [0, 0.05) is 32.3 Å². The molecule has 3 aromatic rings. The number of H-pyrrole nitrogens is 1. The number of nitrogens with one attached hydrogen (secondary N) is 2. The highest BCUT2D eigenvalue weighted by Gasteiger charge is 2.52. The third-order valence-corrected chi connectivity index (χ3v) is 7.55. The average molecular weight is 478 g/mol. The minimum absolute atomic E-state index is 0.00389. The molecule has 0 atom stereocenters. The van der Waals surface area contributed by atoms with E-state index in [9.17, 15) is 9.59 Å². The lowest BCUT2D eigenvalue weighted by atomic mass is 10.2. The molecule has 2 fully saturated rings. The number of fused-ring (bicyclic) bond motifs is 1. The van der Waals surface area contributed by atoms with E-state index in [0.717, 1.165) is 49.9 Å². The molecule has 2 N–H and O–H groups in total. The Labute approximate surface area is 201 Å². The van der Waals surface area contributed by atoms with Crippen molar-refractivity contribution in [2.24, 2.45) is 0 Å². The van der Waals surface area contributed by atoms with Gasteiger partial charge in [0.2, 0.25) is 11.9 Å². The minimum Gasteiger partial charge on any atom is -0.353 e. The summed E-state index contributed by atoms with van der Waals surface area (Å²) in [6, 6.07) is 7.54. The fourth-order valence-corrected chi connectivity index (χ4v) is 5.39. The molecule has 0 aromatic carbocycles. The highest BCUT2D eigenvalue weighted by atomic mass is 32.1. The van der Waals surface area contributed by atoms with E-state index in [1.54, 1.807) is 12.1 Å². The van der Waals surface area contributed by atoms with E-state index in [2.05, 4.69) is 33.2 Å². The van der Waals surface area contributed by atoms with Crippen molar-refractivity contribution < 1.29 is 9.59 Å². The molecule has 5 rings (SSSR count). The molecule has 1 spiro atoms. The maximum Gasteiger partial charge on any atom is 0.264 e. The predicted molar refractivity (Wildman–Crippen MR) is 131 cm³/mol. The summed E-state index contributed by atoms with van der Waals surface area (Å²) >= 11 is 1.25. The zero-order chi connectivity index (χ0) is 23.7. The number of nitriles is 1. The van der Waals surface area contributed by atoms with Crippen molar-refractivity contribution in [3.8, 4) is 6.07 Å². The van der Waals surface area contributed by atoms with Gasteiger partial charge in [0.1, 0.15) is 22.4 Å². The molecule has 0 unspecified atom stereocenters. The molecule has 2 aliphatic rings. The molecule has 3 aromatic heterocycles. The number of thiophene rings is 1. The summed E-state index contributed by atoms with van der Waals surface area (Å²) in [5.41, 5.74) is 0.447. The van der Waals surface area contributed by atoms with Crippen molar-refractivity contribution in [3.05, 3.63) is 34.2 Å². The molecule has 1 aliphatic heterocycles. The zero-order valence-electron chi connectivity index (χ0n) is 19.1. The molecule has 9 nitrogen and oxygen atoms in total. The second-order valence-electron chi connectivity index (χ2n) is 8.99. The molecule has 176 valence electrons. The molecule has 1 saturated heterocycles. The van der Waals surface area contributed by atoms with Crippen molar-refractivity contribution in [2.45, 2.75) is 51.0 Å². The molecule has 1 saturated carbocycles. The summed E-state index contributed by atoms with van der Waals surface area (Å²) in [6.07, 6.45) is 6.72. The molecule has 34 heavy (non-hydrogen) atoms. The number of amides is 2. The third kappa shape index (κ3) is 4.23. The highest BCUT2D eigenvalue weighted by Crippen LogP contribution is 2.46. The van der Waals surface area contributed by atoms with E-state index in [1.165, 1.54) is 11.3 Å². The smallest absolute Gasteiger partial charge is 0.264 e. The first-order valence-electron chi connectivity index (χ1n) is 11.7. The van der Waals surface area contributed by atoms with Crippen molar-refractivity contribution in [1.82, 2.24) is 19.9 Å². The normalized spacial score (nSPS) is 16.9. The van der Waals surface area contributed by atoms with Gasteiger partial charge in [-0.25, -0.2) is 0 Å². The minimum atomic E-state index is -0.234. The van der Waals surface area contributed by atoms with Crippen LogP contribution in [0.5, 0.6) is 0 Å². The molecule has 4 heterocycles. The first-order chi connectivity index (χ1) is 16.5. The van der Waals surface area contributed by atoms with Gasteiger partial charge in [0.15, 0.2) is 0 Å². The standard InChI is InChI=1S/C24H27N7O2S/c1-2-3-5-19(32)27-23-28-20-17(8-11-26-20)21(29-23)30-12-4-13-31(24(15-30)9-10-24)22(33)18-7-6-16(14-25)34-18/h6-8,11H,2-5,9-10,12-13,15H2,1H3,(H2,26,27,28,29,32). The van der Waals surface area contributed by atoms with E-state index in [-0.39, 0.29) is 17.4 Å². The Morgan fingerprint density at radius 1 is 1.26 bits per heavy atom. The second-order valence-corrected chi connectivity index (χ2v) is 10.1. The topological polar surface area (TPSA) is 118 Å². The van der Waals surface area contributed by atoms with Crippen LogP contribution in [0.3, 0.4) is 0 Å². The van der Waals surface area contributed by atoms with Crippen molar-refractivity contribution in [1.29, 1.82) is 5.26 Å². The molecule has 0 radical (unpaired) electrons. The summed E-state index contributed by atoms with van der Waals surface area (Å²) in [7, 11) is 0. The quantitative estimate of drug-likeness (QED) is 0.556. The average Bonchev–Trinajstić information content (AvgIpc) is 3.26. The first-order valence-corrected chi connectivity index (χ1v) is 12.6. The van der Waals surface area contributed by atoms with Crippen LogP contribution in [0.25, 0.3) is 11.0 Å². The van der Waals surface area contributed by atoms with Crippen LogP contribution in [0, 0.1) is 11.3 Å². The van der Waals surface area contributed by atoms with Crippen LogP contribution in [0.4, 0.5) is 11.8 Å². The number of hydrogen-bond donors (Lipinski definition) is 2. The van der Waals surface area contributed by atoms with E-state index < -0.39 is 0 Å². The van der Waals surface area contributed by atoms with Gasteiger partial charge in [-0.1, -0.05) is 13.3 Å². The molecule has 10 heteroatoms. The van der Waals surface area contributed by atoms with Crippen LogP contribution in [0.1, 0.15) is 60.0 Å². The van der Waals surface area contributed by atoms with Crippen LogP contribution in [-0.4, -0.2) is 56.8 Å². The zero-order valence-corrected chi connectivity index (χ0v) is 20.0.